The number of nitro benzene ring substituents is 1. The zero-order chi connectivity index (χ0) is 50.3. The predicted octanol–water partition coefficient (Wildman–Crippen LogP) is 5.81. The second kappa shape index (κ2) is 18.6. The van der Waals surface area contributed by atoms with Gasteiger partial charge in [-0.05, 0) is 47.9 Å². The van der Waals surface area contributed by atoms with Gasteiger partial charge in [-0.1, -0.05) is 5.04 Å². The highest BCUT2D eigenvalue weighted by molar-refractivity contribution is 7.94. The summed E-state index contributed by atoms with van der Waals surface area (Å²) < 4.78 is 141. The van der Waals surface area contributed by atoms with Gasteiger partial charge in [0.15, 0.2) is 23.0 Å². The number of phenolic OH excluding ortho intramolecular Hbond substituents is 2. The Morgan fingerprint density at radius 3 is 1.84 bits per heavy atom. The maximum atomic E-state index is 12.6. The van der Waals surface area contributed by atoms with Crippen molar-refractivity contribution in [2.24, 2.45) is 30.7 Å². The summed E-state index contributed by atoms with van der Waals surface area (Å²) in [6.45, 7) is 0. The number of aromatic nitrogens is 3. The van der Waals surface area contributed by atoms with E-state index < -0.39 is 150 Å². The number of benzene rings is 4. The van der Waals surface area contributed by atoms with E-state index in [-0.39, 0.29) is 17.7 Å². The van der Waals surface area contributed by atoms with Gasteiger partial charge in [0.2, 0.25) is 11.6 Å². The van der Waals surface area contributed by atoms with Crippen LogP contribution in [0.1, 0.15) is 10.5 Å². The highest BCUT2D eigenvalue weighted by atomic mass is 32.2. The van der Waals surface area contributed by atoms with Gasteiger partial charge in [-0.3, -0.25) is 28.3 Å². The number of hydrogen-bond acceptors (Lipinski definition) is 26. The van der Waals surface area contributed by atoms with Gasteiger partial charge in [0, 0.05) is 18.2 Å². The minimum Gasteiger partial charge on any atom is -0.505 e. The van der Waals surface area contributed by atoms with E-state index in [1.165, 1.54) is 0 Å². The van der Waals surface area contributed by atoms with Crippen LogP contribution in [-0.4, -0.2) is 103 Å². The molecular formula is C31H20N10O22S5. The van der Waals surface area contributed by atoms with Crippen LogP contribution in [-0.2, 0) is 49.8 Å². The Balaban J connectivity index is 1.46. The highest BCUT2D eigenvalue weighted by Crippen LogP contribution is 2.51. The molecular weight excluding hydrogens is 1020 g/mol. The maximum Gasteiger partial charge on any atom is 0.358 e. The van der Waals surface area contributed by atoms with Gasteiger partial charge in [0.05, 0.1) is 44.0 Å². The summed E-state index contributed by atoms with van der Waals surface area (Å²) in [5, 5.41) is 90.3. The number of non-ortho nitro benzene ring substituents is 1. The second-order valence-electron chi connectivity index (χ2n) is 12.6. The van der Waals surface area contributed by atoms with Gasteiger partial charge in [-0.2, -0.15) is 43.5 Å². The molecule has 0 aliphatic rings. The highest BCUT2D eigenvalue weighted by Gasteiger charge is 2.29. The Morgan fingerprint density at radius 1 is 0.691 bits per heavy atom. The lowest BCUT2D eigenvalue weighted by Crippen LogP contribution is -2.02. The van der Waals surface area contributed by atoms with Crippen molar-refractivity contribution in [2.75, 3.05) is 0 Å². The van der Waals surface area contributed by atoms with Crippen molar-refractivity contribution in [1.82, 2.24) is 14.8 Å². The number of carboxylic acid groups (broad SMARTS) is 1. The van der Waals surface area contributed by atoms with Crippen LogP contribution >= 0.6 is 12.0 Å². The molecule has 0 radical (unpaired) electrons. The van der Waals surface area contributed by atoms with E-state index >= 15 is 0 Å². The molecule has 0 unspecified atom stereocenters. The molecule has 9 N–H and O–H groups in total. The summed E-state index contributed by atoms with van der Waals surface area (Å²) in [7, 11) is -20.8. The first-order chi connectivity index (χ1) is 31.6. The summed E-state index contributed by atoms with van der Waals surface area (Å²) in [4.78, 5) is 21.1. The lowest BCUT2D eigenvalue weighted by Gasteiger charge is -2.13. The van der Waals surface area contributed by atoms with E-state index in [9.17, 15) is 87.2 Å². The number of aromatic carboxylic acids is 1. The molecule has 2 heterocycles. The summed E-state index contributed by atoms with van der Waals surface area (Å²) in [6, 6.07) is 7.53. The van der Waals surface area contributed by atoms with E-state index in [2.05, 4.69) is 50.1 Å². The quantitative estimate of drug-likeness (QED) is 0.0138. The number of azo groups is 3. The normalized spacial score (nSPS) is 12.8. The van der Waals surface area contributed by atoms with Crippen LogP contribution in [0.25, 0.3) is 16.5 Å². The zero-order valence-corrected chi connectivity index (χ0v) is 36.3. The lowest BCUT2D eigenvalue weighted by atomic mass is 10.1. The topological polar surface area (TPSA) is 502 Å². The van der Waals surface area contributed by atoms with Crippen molar-refractivity contribution >= 4 is 109 Å². The molecule has 4 aromatic carbocycles. The molecule has 0 saturated carbocycles. The first-order valence-electron chi connectivity index (χ1n) is 16.9. The average molecular weight is 1040 g/mol. The van der Waals surface area contributed by atoms with E-state index in [4.69, 9.17) is 5.26 Å². The van der Waals surface area contributed by atoms with Crippen molar-refractivity contribution in [3.8, 4) is 23.1 Å². The number of carboxylic acids is 1. The third-order valence-electron chi connectivity index (χ3n) is 8.41. The summed E-state index contributed by atoms with van der Waals surface area (Å²) in [6.07, 6.45) is 0.506. The Labute approximate surface area is 380 Å². The van der Waals surface area contributed by atoms with Crippen LogP contribution in [0.5, 0.6) is 17.4 Å². The van der Waals surface area contributed by atoms with Gasteiger partial charge >= 0.3 is 5.97 Å². The number of nitrogens with zero attached hydrogens (tertiary/aromatic N) is 10. The van der Waals surface area contributed by atoms with E-state index in [1.54, 1.807) is 0 Å². The Morgan fingerprint density at radius 2 is 1.26 bits per heavy atom. The van der Waals surface area contributed by atoms with Crippen LogP contribution in [0, 0.1) is 10.1 Å². The van der Waals surface area contributed by atoms with Gasteiger partial charge < -0.3 is 20.4 Å². The molecule has 0 aliphatic carbocycles. The van der Waals surface area contributed by atoms with Gasteiger partial charge in [-0.25, -0.2) is 15.0 Å². The Hall–Kier alpha value is -7.56. The third-order valence-corrected chi connectivity index (χ3v) is 12.5. The van der Waals surface area contributed by atoms with Crippen molar-refractivity contribution in [3.05, 3.63) is 82.7 Å². The van der Waals surface area contributed by atoms with E-state index in [1.807, 2.05) is 0 Å². The lowest BCUT2D eigenvalue weighted by molar-refractivity contribution is -0.432. The molecule has 32 nitrogen and oxygen atoms in total. The fourth-order valence-electron chi connectivity index (χ4n) is 5.51. The molecule has 0 spiro atoms. The molecule has 0 amide bonds. The molecule has 37 heteroatoms. The average Bonchev–Trinajstić information content (AvgIpc) is 3.58. The number of carbonyl (C=O) groups is 1. The van der Waals surface area contributed by atoms with Gasteiger partial charge in [-0.15, -0.1) is 35.0 Å². The third kappa shape index (κ3) is 10.5. The summed E-state index contributed by atoms with van der Waals surface area (Å²) >= 11 is 0.0223. The summed E-state index contributed by atoms with van der Waals surface area (Å²) in [5.41, 5.74) is -6.63. The van der Waals surface area contributed by atoms with E-state index in [0.29, 0.717) is 29.1 Å². The smallest absolute Gasteiger partial charge is 0.358 e. The number of pyridine rings is 1. The van der Waals surface area contributed by atoms with Crippen LogP contribution in [0.2, 0.25) is 0 Å². The number of fused-ring (bicyclic) bond motifs is 1. The van der Waals surface area contributed by atoms with Crippen molar-refractivity contribution in [1.29, 1.82) is 0 Å². The predicted molar refractivity (Wildman–Crippen MR) is 219 cm³/mol. The molecule has 6 aromatic rings. The maximum absolute atomic E-state index is 12.6. The van der Waals surface area contributed by atoms with Crippen LogP contribution in [0.4, 0.5) is 39.9 Å². The number of nitro groups is 1. The number of rotatable bonds is 16. The van der Waals surface area contributed by atoms with Crippen molar-refractivity contribution in [3.63, 3.8) is 0 Å². The van der Waals surface area contributed by atoms with Crippen molar-refractivity contribution < 1.29 is 96.7 Å². The largest absolute Gasteiger partial charge is 0.505 e. The van der Waals surface area contributed by atoms with Gasteiger partial charge in [0.1, 0.15) is 37.4 Å². The molecule has 0 fully saturated rings. The monoisotopic (exact) mass is 1040 g/mol. The molecule has 0 bridgehead atoms. The van der Waals surface area contributed by atoms with Crippen LogP contribution in [0.3, 0.4) is 0 Å². The molecule has 356 valence electrons. The molecule has 2 aromatic heterocycles. The Bertz CT molecular complexity index is 3660. The molecule has 68 heavy (non-hydrogen) atoms. The SMILES string of the molecule is O=C(O)c1nn(-c2ccc(S(=O)(=O)O)cc2)c(O)c1N=Nc1cc(S(=O)(=O)O)c(N=Nc2c(S(=O)(=O)O)cc3cc(SOOO)c(N=Nc4ccc([N+](=O)[O-])cc4S(=O)(=O)O)c(O)c3c2O)cn1. The van der Waals surface area contributed by atoms with Crippen LogP contribution < -0.4 is 0 Å². The fraction of sp³-hybridized carbons (Fsp3) is 0. The first-order valence-corrected chi connectivity index (χ1v) is 23.4. The fourth-order valence-corrected chi connectivity index (χ4v) is 8.40. The minimum absolute atomic E-state index is 0.0223. The van der Waals surface area contributed by atoms with E-state index in [0.717, 1.165) is 42.5 Å². The molecule has 0 aliphatic heterocycles. The molecule has 0 saturated heterocycles. The summed E-state index contributed by atoms with van der Waals surface area (Å²) in [5.74, 6) is -6.16. The minimum atomic E-state index is -5.48. The number of phenols is 2. The molecule has 6 rings (SSSR count). The number of hydrogen-bond donors (Lipinski definition) is 9. The first kappa shape index (κ1) is 49.9. The van der Waals surface area contributed by atoms with Gasteiger partial charge in [0.25, 0.3) is 46.2 Å². The Kier molecular flexibility index (Phi) is 13.6. The standard InChI is InChI=1S/C31H20N10O22S5/c42-28-23-12(7-18(64-63-62-49)24(28)36-33-16-6-3-14(41(47)48)9-19(16)66(53,54)55)8-21(68(59,60)61)25(29(23)43)37-34-17-11-32-22(10-20(17)67(56,57)58)35-38-26-27(31(45)46)39-40(30(26)44)13-1-4-15(5-2-13)65(50,51)52/h1-11,42-44,49H,(H,45,46)(H,50,51,52)(H,53,54,55)(H,56,57,58)(H,59,60,61). The molecule has 0 atom stereocenters. The van der Waals surface area contributed by atoms with Crippen LogP contribution in [0.15, 0.2) is 122 Å². The number of aromatic hydroxyl groups is 3. The zero-order valence-electron chi connectivity index (χ0n) is 32.2. The van der Waals surface area contributed by atoms with Crippen molar-refractivity contribution in [2.45, 2.75) is 24.5 Å². The second-order valence-corrected chi connectivity index (χ2v) is 19.0.